The van der Waals surface area contributed by atoms with Gasteiger partial charge in [0.2, 0.25) is 0 Å². The van der Waals surface area contributed by atoms with Crippen molar-refractivity contribution in [2.75, 3.05) is 45.3 Å². The number of hydrogen-bond donors (Lipinski definition) is 1. The number of aryl methyl sites for hydroxylation is 1. The number of benzene rings is 1. The molecule has 212 valence electrons. The molecule has 5 heterocycles. The summed E-state index contributed by atoms with van der Waals surface area (Å²) >= 11 is 0. The van der Waals surface area contributed by atoms with Gasteiger partial charge in [0.05, 0.1) is 37.0 Å². The number of piperidine rings is 1. The number of ether oxygens (including phenoxy) is 2. The number of hydrogen-bond acceptors (Lipinski definition) is 8. The summed E-state index contributed by atoms with van der Waals surface area (Å²) in [4.78, 5) is 16.0. The summed E-state index contributed by atoms with van der Waals surface area (Å²) in [7, 11) is 3.68. The first kappa shape index (κ1) is 26.9. The second-order valence-electron chi connectivity index (χ2n) is 10.6. The van der Waals surface area contributed by atoms with Gasteiger partial charge in [0, 0.05) is 57.3 Å². The van der Waals surface area contributed by atoms with E-state index < -0.39 is 0 Å². The molecule has 0 unspecified atom stereocenters. The molecule has 4 aromatic heterocycles. The van der Waals surface area contributed by atoms with Gasteiger partial charge in [0.15, 0.2) is 0 Å². The highest BCUT2D eigenvalue weighted by molar-refractivity contribution is 5.64. The van der Waals surface area contributed by atoms with Crippen LogP contribution >= 0.6 is 0 Å². The Balaban J connectivity index is 1.06. The fourth-order valence-electron chi connectivity index (χ4n) is 5.22. The van der Waals surface area contributed by atoms with E-state index in [4.69, 9.17) is 9.47 Å². The highest BCUT2D eigenvalue weighted by Crippen LogP contribution is 2.25. The van der Waals surface area contributed by atoms with Crippen LogP contribution in [0.2, 0.25) is 0 Å². The molecule has 1 aliphatic rings. The molecule has 1 aromatic carbocycles. The zero-order valence-corrected chi connectivity index (χ0v) is 23.6. The number of likely N-dealkylation sites (tertiary alicyclic amines) is 1. The van der Waals surface area contributed by atoms with E-state index in [9.17, 15) is 0 Å². The van der Waals surface area contributed by atoms with Crippen molar-refractivity contribution in [1.82, 2.24) is 34.0 Å². The van der Waals surface area contributed by atoms with Gasteiger partial charge in [-0.25, -0.2) is 15.0 Å². The average molecular weight is 553 g/mol. The lowest BCUT2D eigenvalue weighted by Crippen LogP contribution is -2.37. The van der Waals surface area contributed by atoms with Crippen molar-refractivity contribution in [3.63, 3.8) is 0 Å². The summed E-state index contributed by atoms with van der Waals surface area (Å²) < 4.78 is 15.2. The van der Waals surface area contributed by atoms with E-state index >= 15 is 0 Å². The van der Waals surface area contributed by atoms with Gasteiger partial charge in [-0.2, -0.15) is 5.10 Å². The first-order valence-electron chi connectivity index (χ1n) is 14.1. The largest absolute Gasteiger partial charge is 0.493 e. The van der Waals surface area contributed by atoms with Gasteiger partial charge in [-0.05, 0) is 49.0 Å². The van der Waals surface area contributed by atoms with E-state index in [1.54, 1.807) is 13.4 Å². The molecule has 1 aliphatic heterocycles. The van der Waals surface area contributed by atoms with Crippen LogP contribution in [0.4, 0.5) is 5.82 Å². The predicted octanol–water partition coefficient (Wildman–Crippen LogP) is 4.54. The lowest BCUT2D eigenvalue weighted by molar-refractivity contribution is 0.105. The maximum atomic E-state index is 6.18. The molecule has 0 amide bonds. The van der Waals surface area contributed by atoms with Crippen LogP contribution in [0.3, 0.4) is 0 Å². The smallest absolute Gasteiger partial charge is 0.140 e. The third-order valence-electron chi connectivity index (χ3n) is 7.68. The van der Waals surface area contributed by atoms with Gasteiger partial charge in [-0.15, -0.1) is 0 Å². The normalized spacial score (nSPS) is 14.5. The standard InChI is InChI=1S/C31H36N8O2/c1-37-20-26(18-36-37)25-5-3-23(4-6-25)17-32-30-16-28(34-22-35-30)29-19-33-31-15-27(9-12-39(29)31)41-21-24-7-10-38(11-8-24)13-14-40-2/h3-6,9,12,15-16,18-20,22,24H,7-8,10-11,13-14,17,21H2,1-2H3,(H,32,34,35). The molecular weight excluding hydrogens is 516 g/mol. The lowest BCUT2D eigenvalue weighted by Gasteiger charge is -2.31. The molecule has 1 saturated heterocycles. The highest BCUT2D eigenvalue weighted by Gasteiger charge is 2.19. The quantitative estimate of drug-likeness (QED) is 0.255. The molecule has 10 heteroatoms. The molecule has 10 nitrogen and oxygen atoms in total. The van der Waals surface area contributed by atoms with Crippen LogP contribution in [0.5, 0.6) is 5.75 Å². The minimum atomic E-state index is 0.575. The SMILES string of the molecule is COCCN1CCC(COc2ccn3c(-c4cc(NCc5ccc(-c6cnn(C)c6)cc5)ncn4)cnc3c2)CC1. The molecular formula is C31H36N8O2. The highest BCUT2D eigenvalue weighted by atomic mass is 16.5. The fourth-order valence-corrected chi connectivity index (χ4v) is 5.22. The van der Waals surface area contributed by atoms with Crippen LogP contribution < -0.4 is 10.1 Å². The van der Waals surface area contributed by atoms with Crippen molar-refractivity contribution in [3.05, 3.63) is 79.1 Å². The van der Waals surface area contributed by atoms with E-state index in [1.807, 2.05) is 59.1 Å². The van der Waals surface area contributed by atoms with Gasteiger partial charge in [-0.3, -0.25) is 9.08 Å². The number of fused-ring (bicyclic) bond motifs is 1. The second kappa shape index (κ2) is 12.5. The molecule has 6 rings (SSSR count). The van der Waals surface area contributed by atoms with Gasteiger partial charge in [0.1, 0.15) is 23.5 Å². The maximum Gasteiger partial charge on any atom is 0.140 e. The minimum absolute atomic E-state index is 0.575. The molecule has 0 radical (unpaired) electrons. The molecule has 0 atom stereocenters. The molecule has 41 heavy (non-hydrogen) atoms. The van der Waals surface area contributed by atoms with Crippen molar-refractivity contribution in [2.24, 2.45) is 13.0 Å². The van der Waals surface area contributed by atoms with Crippen LogP contribution in [0, 0.1) is 5.92 Å². The van der Waals surface area contributed by atoms with Crippen LogP contribution in [-0.4, -0.2) is 74.0 Å². The van der Waals surface area contributed by atoms with Crippen LogP contribution in [0.15, 0.2) is 73.6 Å². The Bertz CT molecular complexity index is 1570. The average Bonchev–Trinajstić information content (AvgIpc) is 3.65. The Kier molecular flexibility index (Phi) is 8.20. The molecule has 0 saturated carbocycles. The number of anilines is 1. The fraction of sp³-hybridized carbons (Fsp3) is 0.355. The molecule has 5 aromatic rings. The summed E-state index contributed by atoms with van der Waals surface area (Å²) in [5.74, 6) is 2.18. The first-order chi connectivity index (χ1) is 20.1. The Morgan fingerprint density at radius 2 is 1.83 bits per heavy atom. The number of aromatic nitrogens is 6. The Labute approximate surface area is 240 Å². The van der Waals surface area contributed by atoms with Crippen molar-refractivity contribution in [2.45, 2.75) is 19.4 Å². The Morgan fingerprint density at radius 1 is 0.976 bits per heavy atom. The van der Waals surface area contributed by atoms with Gasteiger partial charge in [-0.1, -0.05) is 24.3 Å². The van der Waals surface area contributed by atoms with Crippen molar-refractivity contribution in [3.8, 4) is 28.3 Å². The van der Waals surface area contributed by atoms with Crippen molar-refractivity contribution in [1.29, 1.82) is 0 Å². The van der Waals surface area contributed by atoms with E-state index in [2.05, 4.69) is 54.5 Å². The number of rotatable bonds is 11. The second-order valence-corrected chi connectivity index (χ2v) is 10.6. The Morgan fingerprint density at radius 3 is 2.61 bits per heavy atom. The van der Waals surface area contributed by atoms with Crippen LogP contribution in [-0.2, 0) is 18.3 Å². The molecule has 0 bridgehead atoms. The van der Waals surface area contributed by atoms with E-state index in [0.717, 1.165) is 91.0 Å². The van der Waals surface area contributed by atoms with E-state index in [-0.39, 0.29) is 0 Å². The number of methoxy groups -OCH3 is 1. The topological polar surface area (TPSA) is 94.6 Å². The maximum absolute atomic E-state index is 6.18. The summed E-state index contributed by atoms with van der Waals surface area (Å²) in [5, 5.41) is 7.67. The number of pyridine rings is 1. The summed E-state index contributed by atoms with van der Waals surface area (Å²) in [5.41, 5.74) is 5.95. The summed E-state index contributed by atoms with van der Waals surface area (Å²) in [6, 6.07) is 14.4. The minimum Gasteiger partial charge on any atom is -0.493 e. The summed E-state index contributed by atoms with van der Waals surface area (Å²) in [6.07, 6.45) is 11.6. The van der Waals surface area contributed by atoms with Crippen LogP contribution in [0.25, 0.3) is 28.2 Å². The zero-order valence-electron chi connectivity index (χ0n) is 23.6. The van der Waals surface area contributed by atoms with Gasteiger partial charge >= 0.3 is 0 Å². The molecule has 0 spiro atoms. The van der Waals surface area contributed by atoms with Gasteiger partial charge < -0.3 is 19.7 Å². The molecule has 1 fully saturated rings. The number of nitrogens with one attached hydrogen (secondary N) is 1. The predicted molar refractivity (Wildman–Crippen MR) is 159 cm³/mol. The van der Waals surface area contributed by atoms with Gasteiger partial charge in [0.25, 0.3) is 0 Å². The Hall–Kier alpha value is -4.28. The number of nitrogens with zero attached hydrogens (tertiary/aromatic N) is 7. The first-order valence-corrected chi connectivity index (χ1v) is 14.1. The third-order valence-corrected chi connectivity index (χ3v) is 7.68. The molecule has 0 aliphatic carbocycles. The van der Waals surface area contributed by atoms with Crippen molar-refractivity contribution < 1.29 is 9.47 Å². The third kappa shape index (κ3) is 6.55. The number of imidazole rings is 1. The van der Waals surface area contributed by atoms with Crippen LogP contribution in [0.1, 0.15) is 18.4 Å². The monoisotopic (exact) mass is 552 g/mol. The van der Waals surface area contributed by atoms with Crippen molar-refractivity contribution >= 4 is 11.5 Å². The van der Waals surface area contributed by atoms with E-state index in [0.29, 0.717) is 12.5 Å². The van der Waals surface area contributed by atoms with E-state index in [1.165, 1.54) is 0 Å². The summed E-state index contributed by atoms with van der Waals surface area (Å²) in [6.45, 7) is 5.40. The zero-order chi connectivity index (χ0) is 28.0. The molecule has 1 N–H and O–H groups in total. The lowest BCUT2D eigenvalue weighted by atomic mass is 9.98.